The summed E-state index contributed by atoms with van der Waals surface area (Å²) in [5, 5.41) is 6.66. The molecule has 1 aliphatic heterocycles. The number of nitrogens with zero attached hydrogens (tertiary/aromatic N) is 1. The van der Waals surface area contributed by atoms with Crippen LogP contribution in [0.5, 0.6) is 5.75 Å². The van der Waals surface area contributed by atoms with E-state index >= 15 is 0 Å². The number of imide groups is 1. The van der Waals surface area contributed by atoms with Gasteiger partial charge in [0.1, 0.15) is 11.3 Å². The molecular weight excluding hydrogens is 364 g/mol. The van der Waals surface area contributed by atoms with Gasteiger partial charge in [-0.3, -0.25) is 10.2 Å². The second-order valence-electron chi connectivity index (χ2n) is 6.09. The van der Waals surface area contributed by atoms with Crippen LogP contribution >= 0.6 is 12.2 Å². The normalized spacial score (nSPS) is 18.8. The molecule has 0 radical (unpaired) electrons. The van der Waals surface area contributed by atoms with Crippen LogP contribution < -0.4 is 20.8 Å². The number of benzene rings is 2. The molecule has 0 bridgehead atoms. The topological polar surface area (TPSA) is 82.7 Å². The van der Waals surface area contributed by atoms with Gasteiger partial charge in [0.25, 0.3) is 5.91 Å². The number of anilines is 1. The van der Waals surface area contributed by atoms with Crippen LogP contribution in [-0.2, 0) is 10.3 Å². The summed E-state index contributed by atoms with van der Waals surface area (Å²) in [5.41, 5.74) is 2.90. The van der Waals surface area contributed by atoms with E-state index in [9.17, 15) is 9.59 Å². The zero-order valence-electron chi connectivity index (χ0n) is 15.0. The van der Waals surface area contributed by atoms with Crippen LogP contribution in [-0.4, -0.2) is 28.7 Å². The highest BCUT2D eigenvalue weighted by Crippen LogP contribution is 2.27. The Kier molecular flexibility index (Phi) is 5.27. The summed E-state index contributed by atoms with van der Waals surface area (Å²) in [6.45, 7) is 4.15. The van der Waals surface area contributed by atoms with E-state index in [1.165, 1.54) is 0 Å². The standard InChI is InChI=1S/C19H20N4O3S/c1-3-26-15-11-9-14(10-12-15)20-17(27)22-23-16(24)19(2,21-18(23)25)13-7-5-4-6-8-13/h4-12H,3H2,1-2H3,(H,21,25)(H2,20,22,27)/t19-/m1/s1. The largest absolute Gasteiger partial charge is 0.494 e. The first kappa shape index (κ1) is 18.7. The third-order valence-corrected chi connectivity index (χ3v) is 4.37. The summed E-state index contributed by atoms with van der Waals surface area (Å²) in [7, 11) is 0. The fourth-order valence-electron chi connectivity index (χ4n) is 2.77. The van der Waals surface area contributed by atoms with Gasteiger partial charge in [-0.25, -0.2) is 4.79 Å². The molecule has 3 amide bonds. The van der Waals surface area contributed by atoms with Crippen molar-refractivity contribution >= 4 is 35.0 Å². The maximum absolute atomic E-state index is 12.8. The van der Waals surface area contributed by atoms with Gasteiger partial charge in [0, 0.05) is 5.69 Å². The molecule has 2 aromatic carbocycles. The van der Waals surface area contributed by atoms with Crippen LogP contribution in [0.15, 0.2) is 54.6 Å². The molecule has 140 valence electrons. The minimum absolute atomic E-state index is 0.125. The summed E-state index contributed by atoms with van der Waals surface area (Å²) in [5.74, 6) is 0.309. The van der Waals surface area contributed by atoms with Gasteiger partial charge < -0.3 is 15.4 Å². The fraction of sp³-hybridized carbons (Fsp3) is 0.211. The van der Waals surface area contributed by atoms with Crippen molar-refractivity contribution in [3.05, 3.63) is 60.2 Å². The molecular formula is C19H20N4O3S. The van der Waals surface area contributed by atoms with E-state index in [4.69, 9.17) is 17.0 Å². The van der Waals surface area contributed by atoms with E-state index < -0.39 is 17.5 Å². The number of thiocarbonyl (C=S) groups is 1. The Bertz CT molecular complexity index is 857. The van der Waals surface area contributed by atoms with E-state index in [0.29, 0.717) is 17.9 Å². The predicted octanol–water partition coefficient (Wildman–Crippen LogP) is 2.75. The second kappa shape index (κ2) is 7.63. The van der Waals surface area contributed by atoms with Crippen LogP contribution in [0.25, 0.3) is 0 Å². The van der Waals surface area contributed by atoms with Crippen molar-refractivity contribution in [1.29, 1.82) is 0 Å². The minimum atomic E-state index is -1.15. The number of hydrogen-bond donors (Lipinski definition) is 3. The van der Waals surface area contributed by atoms with Crippen LogP contribution in [0.4, 0.5) is 10.5 Å². The highest BCUT2D eigenvalue weighted by atomic mass is 32.1. The molecule has 3 rings (SSSR count). The van der Waals surface area contributed by atoms with Crippen LogP contribution in [0.1, 0.15) is 19.4 Å². The van der Waals surface area contributed by atoms with Gasteiger partial charge in [0.05, 0.1) is 6.61 Å². The highest BCUT2D eigenvalue weighted by molar-refractivity contribution is 7.80. The number of hydrazine groups is 1. The van der Waals surface area contributed by atoms with Gasteiger partial charge in [-0.2, -0.15) is 5.01 Å². The van der Waals surface area contributed by atoms with Crippen molar-refractivity contribution in [2.24, 2.45) is 0 Å². The Balaban J connectivity index is 1.67. The van der Waals surface area contributed by atoms with Crippen molar-refractivity contribution in [1.82, 2.24) is 15.8 Å². The SMILES string of the molecule is CCOc1ccc(NC(=S)NN2C(=O)N[C@](C)(c3ccccc3)C2=O)cc1. The van der Waals surface area contributed by atoms with E-state index in [1.807, 2.05) is 25.1 Å². The quantitative estimate of drug-likeness (QED) is 0.543. The zero-order chi connectivity index (χ0) is 19.4. The number of carbonyl (C=O) groups is 2. The van der Waals surface area contributed by atoms with Crippen LogP contribution in [0.2, 0.25) is 0 Å². The Morgan fingerprint density at radius 1 is 1.15 bits per heavy atom. The average Bonchev–Trinajstić information content (AvgIpc) is 2.88. The lowest BCUT2D eigenvalue weighted by Crippen LogP contribution is -2.49. The highest BCUT2D eigenvalue weighted by Gasteiger charge is 2.49. The zero-order valence-corrected chi connectivity index (χ0v) is 15.8. The number of carbonyl (C=O) groups excluding carboxylic acids is 2. The molecule has 1 heterocycles. The van der Waals surface area contributed by atoms with E-state index in [-0.39, 0.29) is 5.11 Å². The first-order valence-electron chi connectivity index (χ1n) is 8.47. The Hall–Kier alpha value is -3.13. The number of ether oxygens (including phenoxy) is 1. The van der Waals surface area contributed by atoms with Crippen molar-refractivity contribution in [3.63, 3.8) is 0 Å². The maximum Gasteiger partial charge on any atom is 0.344 e. The van der Waals surface area contributed by atoms with Crippen LogP contribution in [0.3, 0.4) is 0 Å². The lowest BCUT2D eigenvalue weighted by atomic mass is 9.92. The van der Waals surface area contributed by atoms with Crippen molar-refractivity contribution in [2.75, 3.05) is 11.9 Å². The van der Waals surface area contributed by atoms with Gasteiger partial charge in [-0.1, -0.05) is 30.3 Å². The molecule has 7 nitrogen and oxygen atoms in total. The molecule has 8 heteroatoms. The smallest absolute Gasteiger partial charge is 0.344 e. The summed E-state index contributed by atoms with van der Waals surface area (Å²) in [6, 6.07) is 15.7. The van der Waals surface area contributed by atoms with Gasteiger partial charge in [-0.15, -0.1) is 0 Å². The molecule has 0 spiro atoms. The molecule has 3 N–H and O–H groups in total. The summed E-state index contributed by atoms with van der Waals surface area (Å²) in [4.78, 5) is 25.1. The molecule has 0 aliphatic carbocycles. The fourth-order valence-corrected chi connectivity index (χ4v) is 2.98. The lowest BCUT2D eigenvalue weighted by Gasteiger charge is -2.22. The van der Waals surface area contributed by atoms with Crippen molar-refractivity contribution < 1.29 is 14.3 Å². The van der Waals surface area contributed by atoms with Gasteiger partial charge in [0.2, 0.25) is 0 Å². The number of amides is 3. The predicted molar refractivity (Wildman–Crippen MR) is 106 cm³/mol. The first-order valence-corrected chi connectivity index (χ1v) is 8.87. The number of nitrogens with one attached hydrogen (secondary N) is 3. The molecule has 0 saturated carbocycles. The number of hydrogen-bond acceptors (Lipinski definition) is 4. The Labute approximate surface area is 162 Å². The third-order valence-electron chi connectivity index (χ3n) is 4.18. The lowest BCUT2D eigenvalue weighted by molar-refractivity contribution is -0.132. The first-order chi connectivity index (χ1) is 12.9. The Morgan fingerprint density at radius 2 is 1.81 bits per heavy atom. The molecule has 0 unspecified atom stereocenters. The molecule has 2 aromatic rings. The summed E-state index contributed by atoms with van der Waals surface area (Å²) >= 11 is 5.23. The average molecular weight is 384 g/mol. The Morgan fingerprint density at radius 3 is 2.44 bits per heavy atom. The molecule has 27 heavy (non-hydrogen) atoms. The molecule has 1 fully saturated rings. The number of rotatable bonds is 5. The third kappa shape index (κ3) is 3.85. The van der Waals surface area contributed by atoms with Crippen molar-refractivity contribution in [2.45, 2.75) is 19.4 Å². The van der Waals surface area contributed by atoms with Gasteiger partial charge in [0.15, 0.2) is 5.11 Å². The molecule has 1 atom stereocenters. The van der Waals surface area contributed by atoms with Gasteiger partial charge >= 0.3 is 6.03 Å². The summed E-state index contributed by atoms with van der Waals surface area (Å²) < 4.78 is 5.38. The van der Waals surface area contributed by atoms with E-state index in [0.717, 1.165) is 10.8 Å². The van der Waals surface area contributed by atoms with E-state index in [2.05, 4.69) is 16.1 Å². The van der Waals surface area contributed by atoms with E-state index in [1.54, 1.807) is 43.3 Å². The van der Waals surface area contributed by atoms with Gasteiger partial charge in [-0.05, 0) is 55.9 Å². The molecule has 1 saturated heterocycles. The van der Waals surface area contributed by atoms with Crippen LogP contribution in [0, 0.1) is 0 Å². The monoisotopic (exact) mass is 384 g/mol. The maximum atomic E-state index is 12.8. The second-order valence-corrected chi connectivity index (χ2v) is 6.49. The minimum Gasteiger partial charge on any atom is -0.494 e. The molecule has 1 aliphatic rings. The molecule has 0 aromatic heterocycles. The van der Waals surface area contributed by atoms with Crippen molar-refractivity contribution in [3.8, 4) is 5.75 Å². The summed E-state index contributed by atoms with van der Waals surface area (Å²) in [6.07, 6.45) is 0. The number of urea groups is 1.